The minimum absolute atomic E-state index is 0.423. The lowest BCUT2D eigenvalue weighted by atomic mass is 10.1. The number of halogens is 1. The van der Waals surface area contributed by atoms with E-state index in [0.29, 0.717) is 16.6 Å². The van der Waals surface area contributed by atoms with E-state index in [9.17, 15) is 0 Å². The number of hydrogen-bond donors (Lipinski definition) is 0. The highest BCUT2D eigenvalue weighted by Gasteiger charge is 2.12. The van der Waals surface area contributed by atoms with Crippen LogP contribution in [-0.4, -0.2) is 10.1 Å². The average Bonchev–Trinajstić information content (AvgIpc) is 2.87. The molecule has 0 saturated heterocycles. The summed E-state index contributed by atoms with van der Waals surface area (Å²) in [4.78, 5) is 4.15. The summed E-state index contributed by atoms with van der Waals surface area (Å²) in [6, 6.07) is 15.1. The van der Waals surface area contributed by atoms with Gasteiger partial charge in [0.15, 0.2) is 0 Å². The first-order valence-corrected chi connectivity index (χ1v) is 6.78. The fourth-order valence-electron chi connectivity index (χ4n) is 1.92. The van der Waals surface area contributed by atoms with E-state index in [4.69, 9.17) is 16.1 Å². The van der Waals surface area contributed by atoms with Crippen molar-refractivity contribution in [1.82, 2.24) is 10.1 Å². The van der Waals surface area contributed by atoms with E-state index in [0.717, 1.165) is 16.8 Å². The van der Waals surface area contributed by atoms with E-state index >= 15 is 0 Å². The van der Waals surface area contributed by atoms with Crippen LogP contribution in [0.25, 0.3) is 11.3 Å². The van der Waals surface area contributed by atoms with Crippen molar-refractivity contribution < 1.29 is 4.52 Å². The molecule has 21 heavy (non-hydrogen) atoms. The number of pyridine rings is 1. The fraction of sp³-hybridized carbons (Fsp3) is 0.0588. The molecule has 0 fully saturated rings. The maximum Gasteiger partial charge on any atom is 0.149 e. The van der Waals surface area contributed by atoms with Gasteiger partial charge in [-0.05, 0) is 25.0 Å². The van der Waals surface area contributed by atoms with Crippen molar-refractivity contribution in [2.45, 2.75) is 6.92 Å². The SMILES string of the molecule is Cc1onc(-c2ccccc2)c1C#Cc1cccc(Cl)n1. The Morgan fingerprint density at radius 3 is 2.57 bits per heavy atom. The predicted octanol–water partition coefficient (Wildman–Crippen LogP) is 4.10. The molecule has 0 aliphatic heterocycles. The lowest BCUT2D eigenvalue weighted by Gasteiger charge is -1.95. The van der Waals surface area contributed by atoms with Crippen LogP contribution in [0.1, 0.15) is 17.0 Å². The number of nitrogens with zero attached hydrogens (tertiary/aromatic N) is 2. The van der Waals surface area contributed by atoms with Crippen molar-refractivity contribution in [2.24, 2.45) is 0 Å². The monoisotopic (exact) mass is 294 g/mol. The lowest BCUT2D eigenvalue weighted by Crippen LogP contribution is -1.85. The van der Waals surface area contributed by atoms with Crippen LogP contribution in [0.15, 0.2) is 53.1 Å². The summed E-state index contributed by atoms with van der Waals surface area (Å²) >= 11 is 5.85. The molecule has 3 nitrogen and oxygen atoms in total. The minimum atomic E-state index is 0.423. The quantitative estimate of drug-likeness (QED) is 0.501. The summed E-state index contributed by atoms with van der Waals surface area (Å²) in [5.41, 5.74) is 3.09. The summed E-state index contributed by atoms with van der Waals surface area (Å²) in [5, 5.41) is 4.52. The summed E-state index contributed by atoms with van der Waals surface area (Å²) in [6.45, 7) is 1.84. The van der Waals surface area contributed by atoms with Gasteiger partial charge in [0.25, 0.3) is 0 Å². The van der Waals surface area contributed by atoms with Crippen molar-refractivity contribution >= 4 is 11.6 Å². The molecular weight excluding hydrogens is 284 g/mol. The first-order valence-electron chi connectivity index (χ1n) is 6.40. The highest BCUT2D eigenvalue weighted by atomic mass is 35.5. The Morgan fingerprint density at radius 2 is 1.81 bits per heavy atom. The van der Waals surface area contributed by atoms with Crippen molar-refractivity contribution in [3.63, 3.8) is 0 Å². The second-order valence-electron chi connectivity index (χ2n) is 4.42. The Labute approximate surface area is 127 Å². The first kappa shape index (κ1) is 13.4. The van der Waals surface area contributed by atoms with Crippen LogP contribution in [0.4, 0.5) is 0 Å². The van der Waals surface area contributed by atoms with Gasteiger partial charge >= 0.3 is 0 Å². The van der Waals surface area contributed by atoms with E-state index in [-0.39, 0.29) is 0 Å². The largest absolute Gasteiger partial charge is 0.360 e. The molecule has 0 N–H and O–H groups in total. The van der Waals surface area contributed by atoms with Gasteiger partial charge in [0.05, 0.1) is 5.56 Å². The molecule has 0 spiro atoms. The van der Waals surface area contributed by atoms with Crippen LogP contribution in [0.5, 0.6) is 0 Å². The number of aryl methyl sites for hydroxylation is 1. The summed E-state index contributed by atoms with van der Waals surface area (Å²) in [6.07, 6.45) is 0. The van der Waals surface area contributed by atoms with E-state index in [1.54, 1.807) is 6.07 Å². The average molecular weight is 295 g/mol. The Hall–Kier alpha value is -2.57. The molecule has 4 heteroatoms. The zero-order valence-electron chi connectivity index (χ0n) is 11.3. The van der Waals surface area contributed by atoms with E-state index in [2.05, 4.69) is 22.0 Å². The zero-order valence-corrected chi connectivity index (χ0v) is 12.1. The van der Waals surface area contributed by atoms with E-state index in [1.165, 1.54) is 0 Å². The van der Waals surface area contributed by atoms with Crippen LogP contribution in [0.3, 0.4) is 0 Å². The van der Waals surface area contributed by atoms with Crippen molar-refractivity contribution in [3.05, 3.63) is 70.7 Å². The van der Waals surface area contributed by atoms with E-state index < -0.39 is 0 Å². The van der Waals surface area contributed by atoms with Gasteiger partial charge in [-0.3, -0.25) is 0 Å². The highest BCUT2D eigenvalue weighted by Crippen LogP contribution is 2.24. The van der Waals surface area contributed by atoms with Crippen LogP contribution >= 0.6 is 11.6 Å². The molecule has 0 saturated carbocycles. The smallest absolute Gasteiger partial charge is 0.149 e. The second kappa shape index (κ2) is 5.82. The molecule has 102 valence electrons. The zero-order chi connectivity index (χ0) is 14.7. The third-order valence-electron chi connectivity index (χ3n) is 2.94. The third-order valence-corrected chi connectivity index (χ3v) is 3.15. The molecule has 2 heterocycles. The number of hydrogen-bond acceptors (Lipinski definition) is 3. The molecule has 0 radical (unpaired) electrons. The van der Waals surface area contributed by atoms with Crippen LogP contribution < -0.4 is 0 Å². The minimum Gasteiger partial charge on any atom is -0.360 e. The number of benzene rings is 1. The maximum absolute atomic E-state index is 5.85. The molecule has 2 aromatic heterocycles. The first-order chi connectivity index (χ1) is 10.2. The normalized spacial score (nSPS) is 10.0. The molecule has 0 aliphatic carbocycles. The second-order valence-corrected chi connectivity index (χ2v) is 4.81. The van der Waals surface area contributed by atoms with Crippen LogP contribution in [0.2, 0.25) is 5.15 Å². The number of rotatable bonds is 1. The fourth-order valence-corrected chi connectivity index (χ4v) is 2.08. The van der Waals surface area contributed by atoms with Crippen LogP contribution in [0, 0.1) is 18.8 Å². The van der Waals surface area contributed by atoms with Gasteiger partial charge in [0.2, 0.25) is 0 Å². The Bertz CT molecular complexity index is 829. The Morgan fingerprint density at radius 1 is 1.00 bits per heavy atom. The summed E-state index contributed by atoms with van der Waals surface area (Å²) < 4.78 is 5.26. The third kappa shape index (κ3) is 2.96. The Balaban J connectivity index is 2.03. The molecule has 0 atom stereocenters. The molecule has 0 amide bonds. The van der Waals surface area contributed by atoms with E-state index in [1.807, 2.05) is 49.4 Å². The van der Waals surface area contributed by atoms with Crippen molar-refractivity contribution in [2.75, 3.05) is 0 Å². The van der Waals surface area contributed by atoms with Crippen LogP contribution in [-0.2, 0) is 0 Å². The maximum atomic E-state index is 5.85. The van der Waals surface area contributed by atoms with Gasteiger partial charge < -0.3 is 4.52 Å². The topological polar surface area (TPSA) is 38.9 Å². The van der Waals surface area contributed by atoms with Crippen molar-refractivity contribution in [3.8, 4) is 23.1 Å². The van der Waals surface area contributed by atoms with Gasteiger partial charge in [-0.2, -0.15) is 0 Å². The summed E-state index contributed by atoms with van der Waals surface area (Å²) in [7, 11) is 0. The highest BCUT2D eigenvalue weighted by molar-refractivity contribution is 6.29. The molecule has 0 aliphatic rings. The standard InChI is InChI=1S/C17H11ClN2O/c1-12-15(11-10-14-8-5-9-16(18)19-14)17(20-21-12)13-6-3-2-4-7-13/h2-9H,1H3. The van der Waals surface area contributed by atoms with Gasteiger partial charge in [0.1, 0.15) is 22.3 Å². The Kier molecular flexibility index (Phi) is 3.72. The predicted molar refractivity (Wildman–Crippen MR) is 81.9 cm³/mol. The molecule has 0 bridgehead atoms. The van der Waals surface area contributed by atoms with Gasteiger partial charge in [0, 0.05) is 5.56 Å². The lowest BCUT2D eigenvalue weighted by molar-refractivity contribution is 0.399. The van der Waals surface area contributed by atoms with Crippen molar-refractivity contribution in [1.29, 1.82) is 0 Å². The molecule has 3 rings (SSSR count). The molecule has 1 aromatic carbocycles. The molecular formula is C17H11ClN2O. The summed E-state index contributed by atoms with van der Waals surface area (Å²) in [5.74, 6) is 6.75. The number of aromatic nitrogens is 2. The van der Waals surface area contributed by atoms with Gasteiger partial charge in [-0.1, -0.05) is 59.1 Å². The van der Waals surface area contributed by atoms with Gasteiger partial charge in [-0.25, -0.2) is 4.98 Å². The molecule has 3 aromatic rings. The molecule has 0 unspecified atom stereocenters. The van der Waals surface area contributed by atoms with Gasteiger partial charge in [-0.15, -0.1) is 0 Å².